The van der Waals surface area contributed by atoms with E-state index in [1.54, 1.807) is 11.3 Å². The fraction of sp³-hybridized carbons (Fsp3) is 0.0714. The fourth-order valence-electron chi connectivity index (χ4n) is 1.85. The van der Waals surface area contributed by atoms with Gasteiger partial charge in [0.25, 0.3) is 0 Å². The topological polar surface area (TPSA) is 38.9 Å². The van der Waals surface area contributed by atoms with Crippen LogP contribution >= 0.6 is 22.9 Å². The van der Waals surface area contributed by atoms with Crippen molar-refractivity contribution in [2.45, 2.75) is 6.42 Å². The quantitative estimate of drug-likeness (QED) is 0.714. The van der Waals surface area contributed by atoms with Crippen molar-refractivity contribution in [3.63, 3.8) is 0 Å². The molecule has 0 amide bonds. The number of nitrogens with two attached hydrogens (primary N) is 1. The molecule has 0 aliphatic heterocycles. The monoisotopic (exact) mass is 274 g/mol. The van der Waals surface area contributed by atoms with Crippen molar-refractivity contribution >= 4 is 38.8 Å². The van der Waals surface area contributed by atoms with Crippen LogP contribution in [0, 0.1) is 0 Å². The number of halogens is 1. The standard InChI is InChI=1S/C14H11ClN2S/c15-10-7-9(5-6-11(10)16)8-14-17-12-3-1-2-4-13(12)18-14/h1-7H,8,16H2. The lowest BCUT2D eigenvalue weighted by atomic mass is 10.1. The summed E-state index contributed by atoms with van der Waals surface area (Å²) in [5, 5.41) is 1.70. The van der Waals surface area contributed by atoms with Gasteiger partial charge in [0.2, 0.25) is 0 Å². The van der Waals surface area contributed by atoms with Crippen molar-refractivity contribution in [3.05, 3.63) is 58.1 Å². The number of nitrogens with zero attached hydrogens (tertiary/aromatic N) is 1. The number of benzene rings is 2. The van der Waals surface area contributed by atoms with Gasteiger partial charge in [-0.2, -0.15) is 0 Å². The largest absolute Gasteiger partial charge is 0.398 e. The van der Waals surface area contributed by atoms with Gasteiger partial charge in [0, 0.05) is 6.42 Å². The molecule has 2 N–H and O–H groups in total. The number of fused-ring (bicyclic) bond motifs is 1. The summed E-state index contributed by atoms with van der Waals surface area (Å²) in [6.07, 6.45) is 0.791. The van der Waals surface area contributed by atoms with Crippen molar-refractivity contribution < 1.29 is 0 Å². The molecule has 18 heavy (non-hydrogen) atoms. The molecule has 90 valence electrons. The van der Waals surface area contributed by atoms with Crippen molar-refractivity contribution in [1.29, 1.82) is 0 Å². The SMILES string of the molecule is Nc1ccc(Cc2nc3ccccc3s2)cc1Cl. The van der Waals surface area contributed by atoms with Crippen LogP contribution in [0.2, 0.25) is 5.02 Å². The lowest BCUT2D eigenvalue weighted by molar-refractivity contribution is 1.16. The number of hydrogen-bond donors (Lipinski definition) is 1. The Balaban J connectivity index is 1.93. The molecule has 2 aromatic carbocycles. The fourth-order valence-corrected chi connectivity index (χ4v) is 3.06. The van der Waals surface area contributed by atoms with Crippen LogP contribution in [-0.4, -0.2) is 4.98 Å². The number of aromatic nitrogens is 1. The van der Waals surface area contributed by atoms with Gasteiger partial charge in [-0.15, -0.1) is 11.3 Å². The highest BCUT2D eigenvalue weighted by Gasteiger charge is 2.05. The molecule has 4 heteroatoms. The third-order valence-electron chi connectivity index (χ3n) is 2.76. The summed E-state index contributed by atoms with van der Waals surface area (Å²) in [6.45, 7) is 0. The van der Waals surface area contributed by atoms with Gasteiger partial charge in [-0.25, -0.2) is 4.98 Å². The van der Waals surface area contributed by atoms with Crippen LogP contribution in [0.25, 0.3) is 10.2 Å². The Morgan fingerprint density at radius 1 is 1.17 bits per heavy atom. The molecule has 0 aliphatic carbocycles. The molecule has 1 aromatic heterocycles. The van der Waals surface area contributed by atoms with E-state index in [0.29, 0.717) is 10.7 Å². The van der Waals surface area contributed by atoms with Gasteiger partial charge in [-0.3, -0.25) is 0 Å². The highest BCUT2D eigenvalue weighted by Crippen LogP contribution is 2.26. The van der Waals surface area contributed by atoms with Crippen LogP contribution < -0.4 is 5.73 Å². The van der Waals surface area contributed by atoms with E-state index in [2.05, 4.69) is 11.1 Å². The zero-order valence-electron chi connectivity index (χ0n) is 9.56. The Morgan fingerprint density at radius 2 is 2.00 bits per heavy atom. The summed E-state index contributed by atoms with van der Waals surface area (Å²) in [7, 11) is 0. The first kappa shape index (κ1) is 11.5. The number of anilines is 1. The minimum atomic E-state index is 0.605. The molecule has 0 spiro atoms. The van der Waals surface area contributed by atoms with Crippen LogP contribution in [0.4, 0.5) is 5.69 Å². The van der Waals surface area contributed by atoms with Crippen LogP contribution in [0.3, 0.4) is 0 Å². The smallest absolute Gasteiger partial charge is 0.0982 e. The lowest BCUT2D eigenvalue weighted by Crippen LogP contribution is -1.90. The van der Waals surface area contributed by atoms with Gasteiger partial charge in [0.15, 0.2) is 0 Å². The molecule has 2 nitrogen and oxygen atoms in total. The molecule has 0 bridgehead atoms. The van der Waals surface area contributed by atoms with Gasteiger partial charge in [-0.1, -0.05) is 29.8 Å². The molecule has 0 saturated carbocycles. The molecule has 0 aliphatic rings. The molecular formula is C14H11ClN2S. The Morgan fingerprint density at radius 3 is 2.78 bits per heavy atom. The lowest BCUT2D eigenvalue weighted by Gasteiger charge is -2.01. The highest BCUT2D eigenvalue weighted by atomic mass is 35.5. The molecule has 0 unspecified atom stereocenters. The van der Waals surface area contributed by atoms with Gasteiger partial charge < -0.3 is 5.73 Å². The zero-order chi connectivity index (χ0) is 12.5. The first-order valence-electron chi connectivity index (χ1n) is 5.61. The second kappa shape index (κ2) is 4.59. The Kier molecular flexibility index (Phi) is 2.94. The summed E-state index contributed by atoms with van der Waals surface area (Å²) in [5.74, 6) is 0. The van der Waals surface area contributed by atoms with Crippen LogP contribution in [0.5, 0.6) is 0 Å². The summed E-state index contributed by atoms with van der Waals surface area (Å²) < 4.78 is 1.22. The van der Waals surface area contributed by atoms with Crippen LogP contribution in [0.15, 0.2) is 42.5 Å². The number of rotatable bonds is 2. The normalized spacial score (nSPS) is 10.9. The van der Waals surface area contributed by atoms with Gasteiger partial charge in [0.05, 0.1) is 25.9 Å². The maximum absolute atomic E-state index is 6.02. The van der Waals surface area contributed by atoms with E-state index in [4.69, 9.17) is 17.3 Å². The summed E-state index contributed by atoms with van der Waals surface area (Å²) in [4.78, 5) is 4.60. The molecule has 3 aromatic rings. The predicted octanol–water partition coefficient (Wildman–Crippen LogP) is 4.12. The van der Waals surface area contributed by atoms with Crippen molar-refractivity contribution in [2.75, 3.05) is 5.73 Å². The minimum absolute atomic E-state index is 0.605. The maximum Gasteiger partial charge on any atom is 0.0982 e. The zero-order valence-corrected chi connectivity index (χ0v) is 11.1. The van der Waals surface area contributed by atoms with E-state index in [1.165, 1.54) is 4.70 Å². The van der Waals surface area contributed by atoms with Gasteiger partial charge >= 0.3 is 0 Å². The maximum atomic E-state index is 6.02. The van der Waals surface area contributed by atoms with Gasteiger partial charge in [0.1, 0.15) is 0 Å². The van der Waals surface area contributed by atoms with Crippen molar-refractivity contribution in [1.82, 2.24) is 4.98 Å². The van der Waals surface area contributed by atoms with E-state index < -0.39 is 0 Å². The molecule has 0 radical (unpaired) electrons. The summed E-state index contributed by atoms with van der Waals surface area (Å²) >= 11 is 7.73. The first-order chi connectivity index (χ1) is 8.72. The van der Waals surface area contributed by atoms with Crippen molar-refractivity contribution in [2.24, 2.45) is 0 Å². The molecule has 3 rings (SSSR count). The average Bonchev–Trinajstić information content (AvgIpc) is 2.76. The third-order valence-corrected chi connectivity index (χ3v) is 4.12. The molecule has 0 saturated heterocycles. The van der Waals surface area contributed by atoms with Gasteiger partial charge in [-0.05, 0) is 29.8 Å². The highest BCUT2D eigenvalue weighted by molar-refractivity contribution is 7.18. The van der Waals surface area contributed by atoms with Crippen LogP contribution in [0.1, 0.15) is 10.6 Å². The van der Waals surface area contributed by atoms with E-state index >= 15 is 0 Å². The number of para-hydroxylation sites is 1. The average molecular weight is 275 g/mol. The number of hydrogen-bond acceptors (Lipinski definition) is 3. The second-order valence-electron chi connectivity index (χ2n) is 4.11. The summed E-state index contributed by atoms with van der Waals surface area (Å²) in [6, 6.07) is 13.9. The van der Waals surface area contributed by atoms with E-state index in [-0.39, 0.29) is 0 Å². The Hall–Kier alpha value is -1.58. The Bertz CT molecular complexity index is 673. The van der Waals surface area contributed by atoms with E-state index in [1.807, 2.05) is 36.4 Å². The third kappa shape index (κ3) is 2.19. The van der Waals surface area contributed by atoms with E-state index in [9.17, 15) is 0 Å². The second-order valence-corrected chi connectivity index (χ2v) is 5.63. The molecular weight excluding hydrogens is 264 g/mol. The van der Waals surface area contributed by atoms with Crippen LogP contribution in [-0.2, 0) is 6.42 Å². The van der Waals surface area contributed by atoms with Crippen molar-refractivity contribution in [3.8, 4) is 0 Å². The van der Waals surface area contributed by atoms with E-state index in [0.717, 1.165) is 22.5 Å². The molecule has 0 fully saturated rings. The minimum Gasteiger partial charge on any atom is -0.398 e. The molecule has 0 atom stereocenters. The summed E-state index contributed by atoms with van der Waals surface area (Å²) in [5.41, 5.74) is 8.50. The Labute approximate surface area is 114 Å². The number of nitrogen functional groups attached to an aromatic ring is 1. The molecule has 1 heterocycles. The number of thiazole rings is 1. The first-order valence-corrected chi connectivity index (χ1v) is 6.80. The predicted molar refractivity (Wildman–Crippen MR) is 78.3 cm³/mol.